The molecule has 116 valence electrons. The van der Waals surface area contributed by atoms with Gasteiger partial charge in [0, 0.05) is 18.7 Å². The van der Waals surface area contributed by atoms with E-state index in [-0.39, 0.29) is 30.4 Å². The van der Waals surface area contributed by atoms with E-state index in [1.54, 1.807) is 6.92 Å². The number of aliphatic carboxylic acids is 1. The van der Waals surface area contributed by atoms with Gasteiger partial charge in [-0.2, -0.15) is 0 Å². The molecule has 0 aromatic rings. The minimum absolute atomic E-state index is 0.0436. The molecule has 1 amide bonds. The van der Waals surface area contributed by atoms with Crippen molar-refractivity contribution in [3.8, 4) is 0 Å². The number of carbonyl (C=O) groups is 2. The molecule has 2 N–H and O–H groups in total. The Labute approximate surface area is 119 Å². The van der Waals surface area contributed by atoms with Crippen molar-refractivity contribution in [2.45, 2.75) is 45.4 Å². The molecule has 1 fully saturated rings. The number of carboxylic acid groups (broad SMARTS) is 1. The van der Waals surface area contributed by atoms with E-state index in [1.807, 2.05) is 0 Å². The SMILES string of the molecule is CCS(=O)(=O)CCNC(=O)CC1(C(=O)O)CCCCC1. The molecule has 0 heterocycles. The molecule has 0 saturated heterocycles. The van der Waals surface area contributed by atoms with Crippen molar-refractivity contribution >= 4 is 21.7 Å². The molecule has 0 spiro atoms. The topological polar surface area (TPSA) is 101 Å². The highest BCUT2D eigenvalue weighted by Gasteiger charge is 2.41. The standard InChI is InChI=1S/C13H23NO5S/c1-2-20(18,19)9-8-14-11(15)10-13(12(16)17)6-4-3-5-7-13/h2-10H2,1H3,(H,14,15)(H,16,17). The minimum atomic E-state index is -3.11. The van der Waals surface area contributed by atoms with Crippen molar-refractivity contribution < 1.29 is 23.1 Å². The van der Waals surface area contributed by atoms with E-state index >= 15 is 0 Å². The van der Waals surface area contributed by atoms with Crippen LogP contribution in [0.15, 0.2) is 0 Å². The van der Waals surface area contributed by atoms with Crippen molar-refractivity contribution in [2.75, 3.05) is 18.1 Å². The average Bonchev–Trinajstić information content (AvgIpc) is 2.39. The minimum Gasteiger partial charge on any atom is -0.481 e. The third kappa shape index (κ3) is 4.77. The van der Waals surface area contributed by atoms with Crippen LogP contribution < -0.4 is 5.32 Å². The maximum atomic E-state index is 11.8. The number of carboxylic acids is 1. The summed E-state index contributed by atoms with van der Waals surface area (Å²) in [5, 5.41) is 11.9. The number of hydrogen-bond donors (Lipinski definition) is 2. The van der Waals surface area contributed by atoms with Gasteiger partial charge in [0.2, 0.25) is 5.91 Å². The molecule has 0 aromatic heterocycles. The van der Waals surface area contributed by atoms with Gasteiger partial charge in [0.05, 0.1) is 11.2 Å². The van der Waals surface area contributed by atoms with Crippen molar-refractivity contribution in [1.82, 2.24) is 5.32 Å². The fourth-order valence-corrected chi connectivity index (χ4v) is 3.26. The summed E-state index contributed by atoms with van der Waals surface area (Å²) in [7, 11) is -3.11. The van der Waals surface area contributed by atoms with Gasteiger partial charge in [0.25, 0.3) is 0 Å². The van der Waals surface area contributed by atoms with Gasteiger partial charge in [-0.15, -0.1) is 0 Å². The molecule has 20 heavy (non-hydrogen) atoms. The highest BCUT2D eigenvalue weighted by molar-refractivity contribution is 7.91. The smallest absolute Gasteiger partial charge is 0.310 e. The lowest BCUT2D eigenvalue weighted by molar-refractivity contribution is -0.154. The van der Waals surface area contributed by atoms with E-state index in [2.05, 4.69) is 5.32 Å². The maximum absolute atomic E-state index is 11.8. The Balaban J connectivity index is 2.49. The molecule has 6 nitrogen and oxygen atoms in total. The Bertz CT molecular complexity index is 451. The van der Waals surface area contributed by atoms with Gasteiger partial charge in [-0.25, -0.2) is 8.42 Å². The molecule has 0 unspecified atom stereocenters. The molecule has 7 heteroatoms. The Kier molecular flexibility index (Phi) is 5.98. The molecular weight excluding hydrogens is 282 g/mol. The quantitative estimate of drug-likeness (QED) is 0.729. The molecular formula is C13H23NO5S. The monoisotopic (exact) mass is 305 g/mol. The van der Waals surface area contributed by atoms with Crippen LogP contribution in [0.4, 0.5) is 0 Å². The first kappa shape index (κ1) is 16.9. The highest BCUT2D eigenvalue weighted by Crippen LogP contribution is 2.39. The van der Waals surface area contributed by atoms with Crippen LogP contribution in [0.25, 0.3) is 0 Å². The predicted octanol–water partition coefficient (Wildman–Crippen LogP) is 0.962. The Morgan fingerprint density at radius 1 is 1.20 bits per heavy atom. The van der Waals surface area contributed by atoms with Gasteiger partial charge in [-0.05, 0) is 12.8 Å². The van der Waals surface area contributed by atoms with E-state index in [0.29, 0.717) is 12.8 Å². The fraction of sp³-hybridized carbons (Fsp3) is 0.846. The fourth-order valence-electron chi connectivity index (χ4n) is 2.55. The van der Waals surface area contributed by atoms with Crippen LogP contribution in [0, 0.1) is 5.41 Å². The first-order valence-corrected chi connectivity index (χ1v) is 8.84. The zero-order chi connectivity index (χ0) is 15.2. The number of carbonyl (C=O) groups excluding carboxylic acids is 1. The molecule has 1 saturated carbocycles. The lowest BCUT2D eigenvalue weighted by Gasteiger charge is -2.32. The Morgan fingerprint density at radius 2 is 1.80 bits per heavy atom. The molecule has 0 aliphatic heterocycles. The number of rotatable bonds is 7. The van der Waals surface area contributed by atoms with Crippen molar-refractivity contribution in [3.05, 3.63) is 0 Å². The molecule has 0 aromatic carbocycles. The lowest BCUT2D eigenvalue weighted by atomic mass is 9.71. The third-order valence-electron chi connectivity index (χ3n) is 3.94. The first-order chi connectivity index (χ1) is 9.31. The van der Waals surface area contributed by atoms with Crippen LogP contribution in [0.3, 0.4) is 0 Å². The van der Waals surface area contributed by atoms with Gasteiger partial charge < -0.3 is 10.4 Å². The summed E-state index contributed by atoms with van der Waals surface area (Å²) in [6, 6.07) is 0. The zero-order valence-corrected chi connectivity index (χ0v) is 12.7. The van der Waals surface area contributed by atoms with Gasteiger partial charge in [0.1, 0.15) is 0 Å². The van der Waals surface area contributed by atoms with Crippen LogP contribution in [0.5, 0.6) is 0 Å². The average molecular weight is 305 g/mol. The third-order valence-corrected chi connectivity index (χ3v) is 5.64. The molecule has 0 radical (unpaired) electrons. The van der Waals surface area contributed by atoms with E-state index in [9.17, 15) is 23.1 Å². The van der Waals surface area contributed by atoms with E-state index in [4.69, 9.17) is 0 Å². The number of nitrogens with one attached hydrogen (secondary N) is 1. The van der Waals surface area contributed by atoms with Crippen molar-refractivity contribution in [3.63, 3.8) is 0 Å². The summed E-state index contributed by atoms with van der Waals surface area (Å²) >= 11 is 0. The molecule has 1 rings (SSSR count). The largest absolute Gasteiger partial charge is 0.481 e. The summed E-state index contributed by atoms with van der Waals surface area (Å²) < 4.78 is 22.6. The predicted molar refractivity (Wildman–Crippen MR) is 75.1 cm³/mol. The summed E-state index contributed by atoms with van der Waals surface area (Å²) in [6.07, 6.45) is 3.62. The van der Waals surface area contributed by atoms with Crippen LogP contribution in [-0.4, -0.2) is 43.5 Å². The van der Waals surface area contributed by atoms with Gasteiger partial charge >= 0.3 is 5.97 Å². The van der Waals surface area contributed by atoms with Crippen LogP contribution in [0.1, 0.15) is 45.4 Å². The normalized spacial score (nSPS) is 18.4. The van der Waals surface area contributed by atoms with Crippen LogP contribution in [0.2, 0.25) is 0 Å². The lowest BCUT2D eigenvalue weighted by Crippen LogP contribution is -2.40. The second kappa shape index (κ2) is 7.06. The van der Waals surface area contributed by atoms with E-state index in [1.165, 1.54) is 0 Å². The van der Waals surface area contributed by atoms with Gasteiger partial charge in [0.15, 0.2) is 9.84 Å². The summed E-state index contributed by atoms with van der Waals surface area (Å²) in [5.41, 5.74) is -0.966. The summed E-state index contributed by atoms with van der Waals surface area (Å²) in [5.74, 6) is -1.36. The second-order valence-electron chi connectivity index (χ2n) is 5.41. The molecule has 1 aliphatic rings. The Hall–Kier alpha value is -1.11. The first-order valence-electron chi connectivity index (χ1n) is 7.02. The van der Waals surface area contributed by atoms with Crippen LogP contribution in [-0.2, 0) is 19.4 Å². The molecule has 0 bridgehead atoms. The van der Waals surface area contributed by atoms with Gasteiger partial charge in [-0.3, -0.25) is 9.59 Å². The number of amides is 1. The zero-order valence-electron chi connectivity index (χ0n) is 11.9. The van der Waals surface area contributed by atoms with Crippen molar-refractivity contribution in [1.29, 1.82) is 0 Å². The number of hydrogen-bond acceptors (Lipinski definition) is 4. The van der Waals surface area contributed by atoms with Crippen LogP contribution >= 0.6 is 0 Å². The van der Waals surface area contributed by atoms with Gasteiger partial charge in [-0.1, -0.05) is 26.2 Å². The van der Waals surface area contributed by atoms with E-state index < -0.39 is 21.2 Å². The molecule has 1 aliphatic carbocycles. The maximum Gasteiger partial charge on any atom is 0.310 e. The highest BCUT2D eigenvalue weighted by atomic mass is 32.2. The van der Waals surface area contributed by atoms with Crippen molar-refractivity contribution in [2.24, 2.45) is 5.41 Å². The second-order valence-corrected chi connectivity index (χ2v) is 7.88. The summed E-state index contributed by atoms with van der Waals surface area (Å²) in [6.45, 7) is 1.60. The van der Waals surface area contributed by atoms with E-state index in [0.717, 1.165) is 19.3 Å². The number of sulfone groups is 1. The Morgan fingerprint density at radius 3 is 2.30 bits per heavy atom. The molecule has 0 atom stereocenters. The summed E-state index contributed by atoms with van der Waals surface area (Å²) in [4.78, 5) is 23.2.